The van der Waals surface area contributed by atoms with Crippen molar-refractivity contribution in [1.29, 1.82) is 0 Å². The van der Waals surface area contributed by atoms with Gasteiger partial charge in [0.05, 0.1) is 18.9 Å². The van der Waals surface area contributed by atoms with Gasteiger partial charge in [0.25, 0.3) is 5.91 Å². The number of rotatable bonds is 7. The van der Waals surface area contributed by atoms with E-state index in [0.717, 1.165) is 11.3 Å². The largest absolute Gasteiger partial charge is 0.490 e. The zero-order chi connectivity index (χ0) is 20.1. The van der Waals surface area contributed by atoms with Gasteiger partial charge in [0.15, 0.2) is 16.6 Å². The van der Waals surface area contributed by atoms with Gasteiger partial charge < -0.3 is 14.8 Å². The number of thiocarbonyl (C=S) groups is 1. The lowest BCUT2D eigenvalue weighted by molar-refractivity contribution is -0.113. The molecule has 0 atom stereocenters. The van der Waals surface area contributed by atoms with Crippen LogP contribution in [0.15, 0.2) is 48.2 Å². The van der Waals surface area contributed by atoms with Crippen LogP contribution in [0.4, 0.5) is 10.1 Å². The topological polar surface area (TPSA) is 50.8 Å². The van der Waals surface area contributed by atoms with Crippen LogP contribution in [0.25, 0.3) is 6.08 Å². The molecule has 1 saturated heterocycles. The third-order valence-corrected chi connectivity index (χ3v) is 4.32. The molecule has 7 heteroatoms. The van der Waals surface area contributed by atoms with E-state index in [1.54, 1.807) is 18.2 Å². The quantitative estimate of drug-likeness (QED) is 0.556. The first-order valence-electron chi connectivity index (χ1n) is 9.07. The summed E-state index contributed by atoms with van der Waals surface area (Å²) in [6.45, 7) is 4.90. The minimum absolute atomic E-state index is 0.110. The molecular weight excluding hydrogens is 379 g/mol. The van der Waals surface area contributed by atoms with Gasteiger partial charge in [0, 0.05) is 5.56 Å². The molecular formula is C21H21FN2O3S. The Morgan fingerprint density at radius 3 is 2.64 bits per heavy atom. The van der Waals surface area contributed by atoms with Crippen LogP contribution in [0.5, 0.6) is 11.5 Å². The van der Waals surface area contributed by atoms with Crippen LogP contribution in [-0.2, 0) is 4.79 Å². The van der Waals surface area contributed by atoms with Crippen LogP contribution in [0.1, 0.15) is 25.8 Å². The lowest BCUT2D eigenvalue weighted by Gasteiger charge is -2.15. The molecule has 28 heavy (non-hydrogen) atoms. The Balaban J connectivity index is 1.98. The van der Waals surface area contributed by atoms with Crippen molar-refractivity contribution < 1.29 is 18.7 Å². The van der Waals surface area contributed by atoms with E-state index in [2.05, 4.69) is 5.32 Å². The average Bonchev–Trinajstić information content (AvgIpc) is 2.95. The van der Waals surface area contributed by atoms with Crippen LogP contribution < -0.4 is 19.7 Å². The number of halogens is 1. The molecule has 0 unspecified atom stereocenters. The van der Waals surface area contributed by atoms with E-state index in [1.165, 1.54) is 12.1 Å². The molecule has 2 aromatic rings. The maximum absolute atomic E-state index is 14.1. The van der Waals surface area contributed by atoms with Crippen LogP contribution in [-0.4, -0.2) is 24.2 Å². The molecule has 1 amide bonds. The molecule has 0 spiro atoms. The molecule has 5 nitrogen and oxygen atoms in total. The second-order valence-corrected chi connectivity index (χ2v) is 6.42. The minimum Gasteiger partial charge on any atom is -0.490 e. The van der Waals surface area contributed by atoms with Crippen LogP contribution in [0, 0.1) is 5.82 Å². The fraction of sp³-hybridized carbons (Fsp3) is 0.238. The minimum atomic E-state index is -0.522. The van der Waals surface area contributed by atoms with E-state index in [-0.39, 0.29) is 16.5 Å². The molecule has 1 fully saturated rings. The Bertz CT molecular complexity index is 930. The van der Waals surface area contributed by atoms with Crippen molar-refractivity contribution in [3.8, 4) is 11.5 Å². The highest BCUT2D eigenvalue weighted by Gasteiger charge is 2.33. The van der Waals surface area contributed by atoms with Gasteiger partial charge in [-0.3, -0.25) is 4.79 Å². The maximum Gasteiger partial charge on any atom is 0.281 e. The number of nitrogens with one attached hydrogen (secondary N) is 1. The zero-order valence-electron chi connectivity index (χ0n) is 15.7. The molecule has 1 aliphatic heterocycles. The van der Waals surface area contributed by atoms with Gasteiger partial charge in [-0.15, -0.1) is 0 Å². The molecule has 146 valence electrons. The molecule has 0 aliphatic carbocycles. The third kappa shape index (κ3) is 3.99. The van der Waals surface area contributed by atoms with Gasteiger partial charge in [-0.05, 0) is 49.8 Å². The summed E-state index contributed by atoms with van der Waals surface area (Å²) in [6.07, 6.45) is 2.47. The number of hydrogen-bond donors (Lipinski definition) is 1. The molecule has 1 N–H and O–H groups in total. The highest BCUT2D eigenvalue weighted by molar-refractivity contribution is 7.80. The van der Waals surface area contributed by atoms with E-state index in [9.17, 15) is 9.18 Å². The fourth-order valence-electron chi connectivity index (χ4n) is 2.82. The molecule has 1 heterocycles. The summed E-state index contributed by atoms with van der Waals surface area (Å²) in [5.74, 6) is 0.206. The lowest BCUT2D eigenvalue weighted by Crippen LogP contribution is -2.31. The van der Waals surface area contributed by atoms with E-state index in [1.807, 2.05) is 32.0 Å². The highest BCUT2D eigenvalue weighted by atomic mass is 32.1. The molecule has 0 saturated carbocycles. The summed E-state index contributed by atoms with van der Waals surface area (Å²) in [5.41, 5.74) is 1.02. The third-order valence-electron chi connectivity index (χ3n) is 4.03. The normalized spacial score (nSPS) is 15.1. The van der Waals surface area contributed by atoms with Gasteiger partial charge in [0.1, 0.15) is 11.5 Å². The Morgan fingerprint density at radius 1 is 1.14 bits per heavy atom. The molecule has 2 aromatic carbocycles. The summed E-state index contributed by atoms with van der Waals surface area (Å²) in [6, 6.07) is 11.5. The Hall–Kier alpha value is -2.93. The van der Waals surface area contributed by atoms with Crippen LogP contribution >= 0.6 is 12.2 Å². The van der Waals surface area contributed by atoms with Gasteiger partial charge in [-0.2, -0.15) is 0 Å². The first kappa shape index (κ1) is 19.8. The van der Waals surface area contributed by atoms with Gasteiger partial charge in [-0.1, -0.05) is 31.2 Å². The van der Waals surface area contributed by atoms with E-state index in [0.29, 0.717) is 30.3 Å². The standard InChI is InChI=1S/C21H21FN2O3S/c1-3-12-27-19-14(8-7-11-18(19)26-4-2)13-16-20(25)24(21(28)23-16)17-10-6-5-9-15(17)22/h5-11,13H,3-4,12H2,1-2H3,(H,23,28)/b16-13-. The number of amides is 1. The predicted octanol–water partition coefficient (Wildman–Crippen LogP) is 4.28. The van der Waals surface area contributed by atoms with E-state index >= 15 is 0 Å². The Kier molecular flexibility index (Phi) is 6.26. The van der Waals surface area contributed by atoms with Gasteiger partial charge in [-0.25, -0.2) is 9.29 Å². The summed E-state index contributed by atoms with van der Waals surface area (Å²) in [5, 5.41) is 2.99. The number of carbonyl (C=O) groups excluding carboxylic acids is 1. The lowest BCUT2D eigenvalue weighted by atomic mass is 10.1. The van der Waals surface area contributed by atoms with Gasteiger partial charge in [0.2, 0.25) is 0 Å². The predicted molar refractivity (Wildman–Crippen MR) is 111 cm³/mol. The monoisotopic (exact) mass is 400 g/mol. The SMILES string of the molecule is CCCOc1c(/C=C2\NC(=S)N(c3ccccc3F)C2=O)cccc1OCC. The molecule has 0 bridgehead atoms. The van der Waals surface area contributed by atoms with Crippen molar-refractivity contribution in [2.45, 2.75) is 20.3 Å². The Morgan fingerprint density at radius 2 is 1.93 bits per heavy atom. The second-order valence-electron chi connectivity index (χ2n) is 6.04. The summed E-state index contributed by atoms with van der Waals surface area (Å²) >= 11 is 5.25. The summed E-state index contributed by atoms with van der Waals surface area (Å²) in [4.78, 5) is 14.0. The van der Waals surface area contributed by atoms with Gasteiger partial charge >= 0.3 is 0 Å². The number of anilines is 1. The average molecular weight is 400 g/mol. The number of hydrogen-bond acceptors (Lipinski definition) is 4. The Labute approximate surface area is 168 Å². The van der Waals surface area contributed by atoms with Crippen molar-refractivity contribution in [2.24, 2.45) is 0 Å². The molecule has 0 aromatic heterocycles. The number of ether oxygens (including phenoxy) is 2. The first-order valence-corrected chi connectivity index (χ1v) is 9.47. The van der Waals surface area contributed by atoms with Crippen molar-refractivity contribution in [3.63, 3.8) is 0 Å². The maximum atomic E-state index is 14.1. The number of para-hydroxylation sites is 2. The van der Waals surface area contributed by atoms with Crippen LogP contribution in [0.2, 0.25) is 0 Å². The highest BCUT2D eigenvalue weighted by Crippen LogP contribution is 2.34. The second kappa shape index (κ2) is 8.84. The first-order chi connectivity index (χ1) is 13.6. The zero-order valence-corrected chi connectivity index (χ0v) is 16.5. The number of nitrogens with zero attached hydrogens (tertiary/aromatic N) is 1. The molecule has 0 radical (unpaired) electrons. The van der Waals surface area contributed by atoms with Crippen molar-refractivity contribution in [3.05, 3.63) is 59.5 Å². The summed E-state index contributed by atoms with van der Waals surface area (Å²) < 4.78 is 25.7. The fourth-order valence-corrected chi connectivity index (χ4v) is 3.11. The summed E-state index contributed by atoms with van der Waals surface area (Å²) in [7, 11) is 0. The number of benzene rings is 2. The van der Waals surface area contributed by atoms with Crippen molar-refractivity contribution >= 4 is 35.0 Å². The van der Waals surface area contributed by atoms with Crippen LogP contribution in [0.3, 0.4) is 0 Å². The van der Waals surface area contributed by atoms with E-state index in [4.69, 9.17) is 21.7 Å². The van der Waals surface area contributed by atoms with Crippen molar-refractivity contribution in [2.75, 3.05) is 18.1 Å². The molecule has 3 rings (SSSR count). The van der Waals surface area contributed by atoms with E-state index < -0.39 is 11.7 Å². The van der Waals surface area contributed by atoms with Crippen molar-refractivity contribution in [1.82, 2.24) is 5.32 Å². The smallest absolute Gasteiger partial charge is 0.281 e. The number of carbonyl (C=O) groups is 1. The molecule has 1 aliphatic rings.